The second-order valence-electron chi connectivity index (χ2n) is 3.76. The van der Waals surface area contributed by atoms with Crippen molar-refractivity contribution in [2.45, 2.75) is 27.2 Å². The van der Waals surface area contributed by atoms with E-state index in [4.69, 9.17) is 0 Å². The van der Waals surface area contributed by atoms with Gasteiger partial charge in [0.25, 0.3) is 0 Å². The zero-order valence-electron chi connectivity index (χ0n) is 8.83. The summed E-state index contributed by atoms with van der Waals surface area (Å²) < 4.78 is 0. The van der Waals surface area contributed by atoms with Crippen LogP contribution in [0.2, 0.25) is 0 Å². The number of benzene rings is 1. The molecule has 2 heteroatoms. The van der Waals surface area contributed by atoms with Crippen LogP contribution in [0.25, 0.3) is 0 Å². The summed E-state index contributed by atoms with van der Waals surface area (Å²) in [4.78, 5) is 0. The lowest BCUT2D eigenvalue weighted by molar-refractivity contribution is 0.451. The van der Waals surface area contributed by atoms with Gasteiger partial charge in [-0.05, 0) is 44.9 Å². The molecule has 0 heterocycles. The molecule has 0 saturated heterocycles. The molecular weight excluding hydrogens is 176 g/mol. The molecule has 2 N–H and O–H groups in total. The Labute approximate surface area is 84.5 Å². The first-order valence-electron chi connectivity index (χ1n) is 4.65. The summed E-state index contributed by atoms with van der Waals surface area (Å²) in [5.41, 5.74) is 2.68. The monoisotopic (exact) mass is 192 g/mol. The molecule has 0 aliphatic rings. The van der Waals surface area contributed by atoms with E-state index in [0.717, 1.165) is 5.56 Å². The maximum absolute atomic E-state index is 9.69. The molecule has 2 nitrogen and oxygen atoms in total. The van der Waals surface area contributed by atoms with E-state index < -0.39 is 0 Å². The van der Waals surface area contributed by atoms with Gasteiger partial charge < -0.3 is 10.2 Å². The predicted molar refractivity (Wildman–Crippen MR) is 57.6 cm³/mol. The molecule has 1 aromatic carbocycles. The van der Waals surface area contributed by atoms with Crippen LogP contribution in [-0.2, 0) is 6.42 Å². The van der Waals surface area contributed by atoms with Crippen LogP contribution in [0.15, 0.2) is 23.8 Å². The summed E-state index contributed by atoms with van der Waals surface area (Å²) in [5, 5.41) is 19.0. The van der Waals surface area contributed by atoms with Crippen molar-refractivity contribution >= 4 is 0 Å². The van der Waals surface area contributed by atoms with Crippen LogP contribution in [0.5, 0.6) is 11.5 Å². The van der Waals surface area contributed by atoms with E-state index in [0.29, 0.717) is 12.0 Å². The summed E-state index contributed by atoms with van der Waals surface area (Å²) in [6, 6.07) is 3.16. The minimum absolute atomic E-state index is 0.206. The molecule has 0 amide bonds. The number of aryl methyl sites for hydroxylation is 1. The van der Waals surface area contributed by atoms with Crippen molar-refractivity contribution in [2.24, 2.45) is 0 Å². The van der Waals surface area contributed by atoms with Gasteiger partial charge in [-0.1, -0.05) is 11.6 Å². The summed E-state index contributed by atoms with van der Waals surface area (Å²) in [6.07, 6.45) is 2.68. The first-order valence-corrected chi connectivity index (χ1v) is 4.65. The highest BCUT2D eigenvalue weighted by Gasteiger charge is 2.04. The molecule has 1 aromatic rings. The number of phenolic OH excluding ortho intramolecular Hbond substituents is 2. The molecule has 76 valence electrons. The van der Waals surface area contributed by atoms with E-state index in [2.05, 4.69) is 0 Å². The molecule has 0 aromatic heterocycles. The van der Waals surface area contributed by atoms with Crippen molar-refractivity contribution < 1.29 is 10.2 Å². The largest absolute Gasteiger partial charge is 0.508 e. The number of phenols is 2. The highest BCUT2D eigenvalue weighted by Crippen LogP contribution is 2.27. The third-order valence-electron chi connectivity index (χ3n) is 2.09. The van der Waals surface area contributed by atoms with Gasteiger partial charge in [0.1, 0.15) is 11.5 Å². The fraction of sp³-hybridized carbons (Fsp3) is 0.333. The standard InChI is InChI=1S/C12H16O2/c1-8(2)4-5-10-7-11(13)6-9(3)12(10)14/h4,6-7,13-14H,5H2,1-3H3. The lowest BCUT2D eigenvalue weighted by Gasteiger charge is -2.06. The minimum Gasteiger partial charge on any atom is -0.508 e. The van der Waals surface area contributed by atoms with Gasteiger partial charge in [0.15, 0.2) is 0 Å². The average Bonchev–Trinajstić information content (AvgIpc) is 2.08. The first-order chi connectivity index (χ1) is 6.50. The smallest absolute Gasteiger partial charge is 0.122 e. The highest BCUT2D eigenvalue weighted by atomic mass is 16.3. The molecular formula is C12H16O2. The second-order valence-corrected chi connectivity index (χ2v) is 3.76. The Bertz CT molecular complexity index is 361. The number of allylic oxidation sites excluding steroid dienone is 2. The zero-order valence-corrected chi connectivity index (χ0v) is 8.83. The maximum atomic E-state index is 9.69. The van der Waals surface area contributed by atoms with Gasteiger partial charge in [-0.2, -0.15) is 0 Å². The Morgan fingerprint density at radius 3 is 2.50 bits per heavy atom. The van der Waals surface area contributed by atoms with Gasteiger partial charge in [-0.15, -0.1) is 0 Å². The molecule has 14 heavy (non-hydrogen) atoms. The lowest BCUT2D eigenvalue weighted by atomic mass is 10.1. The van der Waals surface area contributed by atoms with E-state index in [9.17, 15) is 10.2 Å². The quantitative estimate of drug-likeness (QED) is 0.558. The van der Waals surface area contributed by atoms with Crippen molar-refractivity contribution in [1.29, 1.82) is 0 Å². The van der Waals surface area contributed by atoms with E-state index in [-0.39, 0.29) is 11.5 Å². The predicted octanol–water partition coefficient (Wildman–Crippen LogP) is 2.91. The summed E-state index contributed by atoms with van der Waals surface area (Å²) in [6.45, 7) is 5.79. The summed E-state index contributed by atoms with van der Waals surface area (Å²) >= 11 is 0. The van der Waals surface area contributed by atoms with Gasteiger partial charge in [0.2, 0.25) is 0 Å². The molecule has 0 atom stereocenters. The molecule has 0 aliphatic heterocycles. The van der Waals surface area contributed by atoms with E-state index in [1.165, 1.54) is 5.57 Å². The molecule has 0 radical (unpaired) electrons. The van der Waals surface area contributed by atoms with Crippen LogP contribution < -0.4 is 0 Å². The van der Waals surface area contributed by atoms with Gasteiger partial charge in [-0.25, -0.2) is 0 Å². The SMILES string of the molecule is CC(C)=CCc1cc(O)cc(C)c1O. The maximum Gasteiger partial charge on any atom is 0.122 e. The zero-order chi connectivity index (χ0) is 10.7. The van der Waals surface area contributed by atoms with Crippen molar-refractivity contribution in [3.05, 3.63) is 34.9 Å². The molecule has 1 rings (SSSR count). The Balaban J connectivity index is 3.02. The Hall–Kier alpha value is -1.44. The van der Waals surface area contributed by atoms with Crippen molar-refractivity contribution in [1.82, 2.24) is 0 Å². The summed E-state index contributed by atoms with van der Waals surface area (Å²) in [7, 11) is 0. The Morgan fingerprint density at radius 1 is 1.29 bits per heavy atom. The fourth-order valence-corrected chi connectivity index (χ4v) is 1.30. The number of hydrogen-bond donors (Lipinski definition) is 2. The molecule has 0 unspecified atom stereocenters. The minimum atomic E-state index is 0.206. The highest BCUT2D eigenvalue weighted by molar-refractivity contribution is 5.46. The van der Waals surface area contributed by atoms with Crippen LogP contribution in [0.3, 0.4) is 0 Å². The number of hydrogen-bond acceptors (Lipinski definition) is 2. The first kappa shape index (κ1) is 10.6. The van der Waals surface area contributed by atoms with E-state index in [1.54, 1.807) is 19.1 Å². The average molecular weight is 192 g/mol. The molecule has 0 spiro atoms. The number of rotatable bonds is 2. The third-order valence-corrected chi connectivity index (χ3v) is 2.09. The summed E-state index contributed by atoms with van der Waals surface area (Å²) in [5.74, 6) is 0.484. The van der Waals surface area contributed by atoms with Gasteiger partial charge in [0.05, 0.1) is 0 Å². The lowest BCUT2D eigenvalue weighted by Crippen LogP contribution is -1.86. The van der Waals surface area contributed by atoms with Crippen LogP contribution in [0.1, 0.15) is 25.0 Å². The normalized spacial score (nSPS) is 9.93. The van der Waals surface area contributed by atoms with Gasteiger partial charge in [-0.3, -0.25) is 0 Å². The van der Waals surface area contributed by atoms with Crippen LogP contribution in [0, 0.1) is 6.92 Å². The Kier molecular flexibility index (Phi) is 3.18. The molecule has 0 bridgehead atoms. The van der Waals surface area contributed by atoms with Crippen LogP contribution in [-0.4, -0.2) is 10.2 Å². The van der Waals surface area contributed by atoms with E-state index >= 15 is 0 Å². The third kappa shape index (κ3) is 2.52. The van der Waals surface area contributed by atoms with Crippen LogP contribution in [0.4, 0.5) is 0 Å². The fourth-order valence-electron chi connectivity index (χ4n) is 1.30. The number of aromatic hydroxyl groups is 2. The van der Waals surface area contributed by atoms with Crippen molar-refractivity contribution in [2.75, 3.05) is 0 Å². The molecule has 0 saturated carbocycles. The molecule has 0 aliphatic carbocycles. The molecule has 0 fully saturated rings. The van der Waals surface area contributed by atoms with Crippen molar-refractivity contribution in [3.63, 3.8) is 0 Å². The van der Waals surface area contributed by atoms with Gasteiger partial charge >= 0.3 is 0 Å². The van der Waals surface area contributed by atoms with Crippen molar-refractivity contribution in [3.8, 4) is 11.5 Å². The van der Waals surface area contributed by atoms with Gasteiger partial charge in [0, 0.05) is 5.56 Å². The second kappa shape index (κ2) is 4.18. The Morgan fingerprint density at radius 2 is 1.93 bits per heavy atom. The van der Waals surface area contributed by atoms with E-state index in [1.807, 2.05) is 19.9 Å². The van der Waals surface area contributed by atoms with Crippen LogP contribution >= 0.6 is 0 Å². The topological polar surface area (TPSA) is 40.5 Å².